The molecule has 0 saturated carbocycles. The van der Waals surface area contributed by atoms with Crippen LogP contribution in [0.25, 0.3) is 10.8 Å². The van der Waals surface area contributed by atoms with Gasteiger partial charge in [-0.05, 0) is 65.6 Å². The second-order valence-corrected chi connectivity index (χ2v) is 12.8. The van der Waals surface area contributed by atoms with Crippen LogP contribution in [0.3, 0.4) is 0 Å². The summed E-state index contributed by atoms with van der Waals surface area (Å²) in [4.78, 5) is 22.7. The van der Waals surface area contributed by atoms with Crippen molar-refractivity contribution in [2.45, 2.75) is 64.1 Å². The van der Waals surface area contributed by atoms with Crippen molar-refractivity contribution in [2.24, 2.45) is 28.1 Å². The molecule has 0 bridgehead atoms. The standard InChI is InChI=1S/C33H44Cl2N6O/c1-22(2)14-30-20-40(19-28(36)17-26-11-12-27(34)18-31(26)35)29(8-5-13-39-33(37)38)21-41(30)32(42)16-23-9-10-24-6-3-4-7-25(24)15-23/h3-4,6-7,9-12,15,18,22,28-30H,5,8,13-14,16-17,19-21,36H2,1-2H3,(H4,37,38,39)/t28-,29?,30+/m0/s1. The highest BCUT2D eigenvalue weighted by molar-refractivity contribution is 6.35. The number of fused-ring (bicyclic) bond motifs is 1. The fourth-order valence-corrected chi connectivity index (χ4v) is 6.54. The number of halogens is 2. The van der Waals surface area contributed by atoms with E-state index in [2.05, 4.69) is 59.0 Å². The number of nitrogens with two attached hydrogens (primary N) is 3. The first-order valence-corrected chi connectivity index (χ1v) is 15.6. The molecule has 42 heavy (non-hydrogen) atoms. The van der Waals surface area contributed by atoms with Gasteiger partial charge in [0, 0.05) is 54.3 Å². The minimum atomic E-state index is -0.122. The molecule has 7 nitrogen and oxygen atoms in total. The van der Waals surface area contributed by atoms with E-state index in [1.165, 1.54) is 5.39 Å². The van der Waals surface area contributed by atoms with Crippen molar-refractivity contribution < 1.29 is 4.79 Å². The van der Waals surface area contributed by atoms with Crippen molar-refractivity contribution in [1.82, 2.24) is 9.80 Å². The smallest absolute Gasteiger partial charge is 0.227 e. The molecule has 0 spiro atoms. The summed E-state index contributed by atoms with van der Waals surface area (Å²) < 4.78 is 0. The molecule has 4 rings (SSSR count). The van der Waals surface area contributed by atoms with E-state index in [0.717, 1.165) is 42.3 Å². The van der Waals surface area contributed by atoms with Gasteiger partial charge >= 0.3 is 0 Å². The van der Waals surface area contributed by atoms with Crippen LogP contribution < -0.4 is 17.2 Å². The van der Waals surface area contributed by atoms with E-state index in [4.69, 9.17) is 40.4 Å². The largest absolute Gasteiger partial charge is 0.370 e. The monoisotopic (exact) mass is 610 g/mol. The number of piperazine rings is 1. The number of hydrogen-bond donors (Lipinski definition) is 3. The maximum absolute atomic E-state index is 13.9. The Morgan fingerprint density at radius 3 is 2.48 bits per heavy atom. The Balaban J connectivity index is 1.52. The third-order valence-electron chi connectivity index (χ3n) is 8.00. The van der Waals surface area contributed by atoms with Gasteiger partial charge in [-0.25, -0.2) is 0 Å². The lowest BCUT2D eigenvalue weighted by Gasteiger charge is -2.48. The Morgan fingerprint density at radius 1 is 1.00 bits per heavy atom. The van der Waals surface area contributed by atoms with Gasteiger partial charge in [-0.2, -0.15) is 0 Å². The first-order valence-electron chi connectivity index (χ1n) is 14.8. The Kier molecular flexibility index (Phi) is 11.5. The van der Waals surface area contributed by atoms with Crippen LogP contribution in [-0.2, 0) is 17.6 Å². The van der Waals surface area contributed by atoms with Crippen molar-refractivity contribution in [1.29, 1.82) is 0 Å². The minimum Gasteiger partial charge on any atom is -0.370 e. The fraction of sp³-hybridized carbons (Fsp3) is 0.455. The van der Waals surface area contributed by atoms with Crippen LogP contribution in [0.2, 0.25) is 10.0 Å². The summed E-state index contributed by atoms with van der Waals surface area (Å²) in [5.41, 5.74) is 19.9. The Labute approximate surface area is 260 Å². The van der Waals surface area contributed by atoms with Gasteiger partial charge in [-0.3, -0.25) is 14.7 Å². The number of aliphatic imine (C=N–C) groups is 1. The summed E-state index contributed by atoms with van der Waals surface area (Å²) in [5, 5.41) is 3.57. The summed E-state index contributed by atoms with van der Waals surface area (Å²) in [7, 11) is 0. The molecule has 0 radical (unpaired) electrons. The Bertz CT molecular complexity index is 1380. The lowest BCUT2D eigenvalue weighted by molar-refractivity contribution is -0.138. The van der Waals surface area contributed by atoms with Gasteiger partial charge in [0.1, 0.15) is 0 Å². The molecule has 1 saturated heterocycles. The van der Waals surface area contributed by atoms with Crippen LogP contribution in [0.4, 0.5) is 0 Å². The number of rotatable bonds is 12. The topological polar surface area (TPSA) is 114 Å². The maximum atomic E-state index is 13.9. The highest BCUT2D eigenvalue weighted by Gasteiger charge is 2.36. The zero-order valence-corrected chi connectivity index (χ0v) is 26.2. The van der Waals surface area contributed by atoms with Crippen LogP contribution in [0.5, 0.6) is 0 Å². The van der Waals surface area contributed by atoms with Crippen LogP contribution >= 0.6 is 23.2 Å². The number of nitrogens with zero attached hydrogens (tertiary/aromatic N) is 3. The fourth-order valence-electron chi connectivity index (χ4n) is 6.05. The van der Waals surface area contributed by atoms with E-state index in [0.29, 0.717) is 48.4 Å². The van der Waals surface area contributed by atoms with Crippen LogP contribution in [0.15, 0.2) is 65.7 Å². The van der Waals surface area contributed by atoms with Crippen molar-refractivity contribution >= 4 is 45.8 Å². The maximum Gasteiger partial charge on any atom is 0.227 e. The van der Waals surface area contributed by atoms with E-state index in [-0.39, 0.29) is 30.0 Å². The Morgan fingerprint density at radius 2 is 1.76 bits per heavy atom. The highest BCUT2D eigenvalue weighted by atomic mass is 35.5. The normalized spacial score (nSPS) is 18.4. The van der Waals surface area contributed by atoms with Crippen LogP contribution in [0.1, 0.15) is 44.2 Å². The number of hydrogen-bond acceptors (Lipinski definition) is 4. The molecule has 1 amide bonds. The molecule has 0 aromatic heterocycles. The van der Waals surface area contributed by atoms with E-state index >= 15 is 0 Å². The molecule has 226 valence electrons. The molecule has 3 aromatic carbocycles. The first-order chi connectivity index (χ1) is 20.1. The van der Waals surface area contributed by atoms with E-state index < -0.39 is 0 Å². The van der Waals surface area contributed by atoms with Gasteiger partial charge in [0.2, 0.25) is 5.91 Å². The van der Waals surface area contributed by atoms with Gasteiger partial charge in [0.15, 0.2) is 5.96 Å². The molecular formula is C33H44Cl2N6O. The molecule has 1 unspecified atom stereocenters. The van der Waals surface area contributed by atoms with Gasteiger partial charge < -0.3 is 22.1 Å². The van der Waals surface area contributed by atoms with E-state index in [1.807, 2.05) is 24.3 Å². The minimum absolute atomic E-state index is 0.0987. The van der Waals surface area contributed by atoms with Crippen molar-refractivity contribution in [3.63, 3.8) is 0 Å². The summed E-state index contributed by atoms with van der Waals surface area (Å²) in [6, 6.07) is 20.2. The predicted octanol–water partition coefficient (Wildman–Crippen LogP) is 5.24. The SMILES string of the molecule is CC(C)C[C@@H]1CN(C[C@@H](N)Cc2ccc(Cl)cc2Cl)C(CCCN=C(N)N)CN1C(=O)Cc1ccc2ccccc2c1. The number of guanidine groups is 1. The predicted molar refractivity (Wildman–Crippen MR) is 176 cm³/mol. The molecule has 9 heteroatoms. The molecular weight excluding hydrogens is 567 g/mol. The molecule has 1 aliphatic heterocycles. The number of carbonyl (C=O) groups is 1. The van der Waals surface area contributed by atoms with E-state index in [9.17, 15) is 4.79 Å². The quantitative estimate of drug-likeness (QED) is 0.147. The molecule has 3 aromatic rings. The van der Waals surface area contributed by atoms with Crippen LogP contribution in [-0.4, -0.2) is 66.0 Å². The molecule has 6 N–H and O–H groups in total. The first kappa shape index (κ1) is 32.1. The lowest BCUT2D eigenvalue weighted by Crippen LogP contribution is -2.62. The third kappa shape index (κ3) is 9.08. The molecule has 0 aliphatic carbocycles. The summed E-state index contributed by atoms with van der Waals surface area (Å²) in [5.74, 6) is 0.719. The second kappa shape index (κ2) is 15.1. The second-order valence-electron chi connectivity index (χ2n) is 11.9. The summed E-state index contributed by atoms with van der Waals surface area (Å²) in [6.07, 6.45) is 3.64. The van der Waals surface area contributed by atoms with Crippen LogP contribution in [0, 0.1) is 5.92 Å². The lowest BCUT2D eigenvalue weighted by atomic mass is 9.94. The van der Waals surface area contributed by atoms with Crippen molar-refractivity contribution in [2.75, 3.05) is 26.2 Å². The molecule has 3 atom stereocenters. The zero-order chi connectivity index (χ0) is 30.2. The number of benzene rings is 3. The third-order valence-corrected chi connectivity index (χ3v) is 8.59. The van der Waals surface area contributed by atoms with E-state index in [1.54, 1.807) is 6.07 Å². The van der Waals surface area contributed by atoms with Crippen molar-refractivity contribution in [3.8, 4) is 0 Å². The van der Waals surface area contributed by atoms with Gasteiger partial charge in [-0.1, -0.05) is 85.6 Å². The average molecular weight is 612 g/mol. The number of amides is 1. The number of carbonyl (C=O) groups excluding carboxylic acids is 1. The zero-order valence-electron chi connectivity index (χ0n) is 24.7. The molecule has 1 fully saturated rings. The molecule has 1 aliphatic rings. The van der Waals surface area contributed by atoms with Crippen molar-refractivity contribution in [3.05, 3.63) is 81.8 Å². The van der Waals surface area contributed by atoms with Gasteiger partial charge in [-0.15, -0.1) is 0 Å². The summed E-state index contributed by atoms with van der Waals surface area (Å²) in [6.45, 7) is 7.11. The Hall–Kier alpha value is -2.84. The van der Waals surface area contributed by atoms with Gasteiger partial charge in [0.05, 0.1) is 6.42 Å². The highest BCUT2D eigenvalue weighted by Crippen LogP contribution is 2.27. The van der Waals surface area contributed by atoms with Gasteiger partial charge in [0.25, 0.3) is 0 Å². The average Bonchev–Trinajstić information content (AvgIpc) is 2.93. The molecule has 1 heterocycles. The summed E-state index contributed by atoms with van der Waals surface area (Å²) >= 11 is 12.6.